The number of carbonyl (C=O) groups excluding carboxylic acids is 2. The first kappa shape index (κ1) is 25.6. The first-order valence-electron chi connectivity index (χ1n) is 10.4. The van der Waals surface area contributed by atoms with Gasteiger partial charge in [-0.2, -0.15) is 0 Å². The van der Waals surface area contributed by atoms with Crippen molar-refractivity contribution in [3.8, 4) is 0 Å². The maximum Gasteiger partial charge on any atom is 0.327 e. The summed E-state index contributed by atoms with van der Waals surface area (Å²) < 4.78 is 25.7. The van der Waals surface area contributed by atoms with Crippen LogP contribution in [0.25, 0.3) is 17.2 Å². The topological polar surface area (TPSA) is 101 Å². The van der Waals surface area contributed by atoms with Crippen LogP contribution in [0, 0.1) is 5.82 Å². The minimum Gasteiger partial charge on any atom is -0.480 e. The van der Waals surface area contributed by atoms with E-state index in [1.54, 1.807) is 24.5 Å². The third-order valence-electron chi connectivity index (χ3n) is 5.38. The summed E-state index contributed by atoms with van der Waals surface area (Å²) in [5.41, 5.74) is 4.66. The van der Waals surface area contributed by atoms with Gasteiger partial charge >= 0.3 is 5.97 Å². The summed E-state index contributed by atoms with van der Waals surface area (Å²) in [5, 5.41) is 11.3. The van der Waals surface area contributed by atoms with Gasteiger partial charge in [0.25, 0.3) is 0 Å². The Morgan fingerprint density at radius 1 is 1.15 bits per heavy atom. The molecular formula is C25H24FNO5S2. The summed E-state index contributed by atoms with van der Waals surface area (Å²) in [4.78, 5) is 35.9. The van der Waals surface area contributed by atoms with Gasteiger partial charge in [-0.25, -0.2) is 9.18 Å². The van der Waals surface area contributed by atoms with E-state index in [1.807, 2.05) is 25.1 Å². The molecule has 1 aliphatic carbocycles. The molecule has 1 amide bonds. The molecule has 9 heteroatoms. The smallest absolute Gasteiger partial charge is 0.327 e. The lowest BCUT2D eigenvalue weighted by Crippen LogP contribution is -2.41. The Hall–Kier alpha value is -3.04. The predicted octanol–water partition coefficient (Wildman–Crippen LogP) is 4.13. The van der Waals surface area contributed by atoms with Gasteiger partial charge in [0.05, 0.1) is 0 Å². The molecule has 34 heavy (non-hydrogen) atoms. The number of nitrogens with one attached hydrogen (secondary N) is 1. The zero-order valence-electron chi connectivity index (χ0n) is 18.9. The third-order valence-corrected chi connectivity index (χ3v) is 7.29. The van der Waals surface area contributed by atoms with Crippen LogP contribution < -0.4 is 5.32 Å². The standard InChI is InChI=1S/C25H24FNO5S2/c1-14-20(10-16-4-7-18(8-5-16)34(3)32)19-9-6-17(26)11-22(19)21(14)12-24(29)33-13-23(25(30)31)27-15(2)28/h4-11,23H,12-13H2,1-3H3,(H,27,28)(H,30,31). The lowest BCUT2D eigenvalue weighted by Gasteiger charge is -2.12. The Morgan fingerprint density at radius 2 is 1.82 bits per heavy atom. The highest BCUT2D eigenvalue weighted by Crippen LogP contribution is 2.44. The van der Waals surface area contributed by atoms with Crippen molar-refractivity contribution < 1.29 is 28.1 Å². The largest absolute Gasteiger partial charge is 0.480 e. The number of carboxylic acid groups (broad SMARTS) is 1. The summed E-state index contributed by atoms with van der Waals surface area (Å²) in [6.45, 7) is 3.08. The van der Waals surface area contributed by atoms with E-state index in [0.717, 1.165) is 34.0 Å². The summed E-state index contributed by atoms with van der Waals surface area (Å²) in [6.07, 6.45) is 3.54. The van der Waals surface area contributed by atoms with E-state index in [-0.39, 0.29) is 17.3 Å². The average molecular weight is 502 g/mol. The number of benzene rings is 2. The molecular weight excluding hydrogens is 477 g/mol. The third kappa shape index (κ3) is 6.09. The number of carboxylic acids is 1. The number of fused-ring (bicyclic) bond motifs is 1. The monoisotopic (exact) mass is 501 g/mol. The zero-order valence-corrected chi connectivity index (χ0v) is 20.5. The van der Waals surface area contributed by atoms with Gasteiger partial charge in [0.15, 0.2) is 5.12 Å². The maximum atomic E-state index is 14.1. The van der Waals surface area contributed by atoms with Crippen LogP contribution >= 0.6 is 11.8 Å². The van der Waals surface area contributed by atoms with Crippen molar-refractivity contribution in [2.24, 2.45) is 0 Å². The van der Waals surface area contributed by atoms with Gasteiger partial charge in [0, 0.05) is 41.0 Å². The summed E-state index contributed by atoms with van der Waals surface area (Å²) >= 11 is 0.821. The van der Waals surface area contributed by atoms with E-state index in [2.05, 4.69) is 5.32 Å². The number of allylic oxidation sites excluding steroid dienone is 3. The van der Waals surface area contributed by atoms with E-state index in [0.29, 0.717) is 16.0 Å². The molecule has 0 fully saturated rings. The first-order chi connectivity index (χ1) is 16.1. The van der Waals surface area contributed by atoms with Crippen LogP contribution in [-0.4, -0.2) is 44.4 Å². The van der Waals surface area contributed by atoms with Gasteiger partial charge in [-0.1, -0.05) is 30.0 Å². The fourth-order valence-corrected chi connectivity index (χ4v) is 5.04. The Kier molecular flexibility index (Phi) is 8.22. The molecule has 2 atom stereocenters. The van der Waals surface area contributed by atoms with Gasteiger partial charge in [-0.15, -0.1) is 0 Å². The van der Waals surface area contributed by atoms with Crippen LogP contribution in [0.3, 0.4) is 0 Å². The highest BCUT2D eigenvalue weighted by atomic mass is 32.2. The lowest BCUT2D eigenvalue weighted by atomic mass is 10.0. The van der Waals surface area contributed by atoms with E-state index in [4.69, 9.17) is 0 Å². The van der Waals surface area contributed by atoms with Gasteiger partial charge in [0.2, 0.25) is 5.91 Å². The molecule has 3 rings (SSSR count). The average Bonchev–Trinajstić information content (AvgIpc) is 3.01. The number of aliphatic carboxylic acids is 1. The molecule has 2 aromatic carbocycles. The van der Waals surface area contributed by atoms with Crippen molar-refractivity contribution in [3.63, 3.8) is 0 Å². The predicted molar refractivity (Wildman–Crippen MR) is 133 cm³/mol. The fraction of sp³-hybridized carbons (Fsp3) is 0.240. The number of halogens is 1. The SMILES string of the molecule is CC(=O)NC(CSC(=O)CC1=C(C)C(=Cc2ccc(S(C)=O)cc2)c2ccc(F)cc21)C(=O)O. The highest BCUT2D eigenvalue weighted by Gasteiger charge is 2.27. The van der Waals surface area contributed by atoms with Crippen LogP contribution in [-0.2, 0) is 25.2 Å². The Bertz CT molecular complexity index is 1230. The molecule has 0 aliphatic heterocycles. The van der Waals surface area contributed by atoms with E-state index >= 15 is 0 Å². The van der Waals surface area contributed by atoms with Crippen molar-refractivity contribution in [2.75, 3.05) is 12.0 Å². The Labute approximate surface area is 203 Å². The zero-order chi connectivity index (χ0) is 25.0. The quantitative estimate of drug-likeness (QED) is 0.564. The van der Waals surface area contributed by atoms with Crippen molar-refractivity contribution in [2.45, 2.75) is 31.2 Å². The Morgan fingerprint density at radius 3 is 2.41 bits per heavy atom. The second kappa shape index (κ2) is 10.9. The van der Waals surface area contributed by atoms with Crippen molar-refractivity contribution in [1.29, 1.82) is 0 Å². The van der Waals surface area contributed by atoms with Crippen LogP contribution in [0.15, 0.2) is 52.9 Å². The molecule has 1 aliphatic rings. The van der Waals surface area contributed by atoms with Crippen LogP contribution in [0.2, 0.25) is 0 Å². The van der Waals surface area contributed by atoms with Crippen molar-refractivity contribution >= 4 is 56.8 Å². The molecule has 0 bridgehead atoms. The summed E-state index contributed by atoms with van der Waals surface area (Å²) in [6, 6.07) is 10.6. The fourth-order valence-electron chi connectivity index (χ4n) is 3.70. The van der Waals surface area contributed by atoms with E-state index < -0.39 is 34.5 Å². The molecule has 0 heterocycles. The number of hydrogen-bond acceptors (Lipinski definition) is 5. The minimum absolute atomic E-state index is 0.00947. The number of amides is 1. The second-order valence-electron chi connectivity index (χ2n) is 7.83. The van der Waals surface area contributed by atoms with E-state index in [9.17, 15) is 28.1 Å². The van der Waals surface area contributed by atoms with Crippen LogP contribution in [0.5, 0.6) is 0 Å². The van der Waals surface area contributed by atoms with Crippen LogP contribution in [0.1, 0.15) is 37.0 Å². The molecule has 0 saturated carbocycles. The lowest BCUT2D eigenvalue weighted by molar-refractivity contribution is -0.140. The Balaban J connectivity index is 1.87. The van der Waals surface area contributed by atoms with Gasteiger partial charge in [0.1, 0.15) is 11.9 Å². The number of carbonyl (C=O) groups is 3. The van der Waals surface area contributed by atoms with Crippen molar-refractivity contribution in [3.05, 3.63) is 70.5 Å². The van der Waals surface area contributed by atoms with Gasteiger partial charge < -0.3 is 10.4 Å². The normalized spacial score (nSPS) is 15.7. The molecule has 2 unspecified atom stereocenters. The van der Waals surface area contributed by atoms with Gasteiger partial charge in [-0.3, -0.25) is 13.8 Å². The van der Waals surface area contributed by atoms with Gasteiger partial charge in [-0.05, 0) is 70.7 Å². The van der Waals surface area contributed by atoms with E-state index in [1.165, 1.54) is 19.1 Å². The summed E-state index contributed by atoms with van der Waals surface area (Å²) in [5.74, 6) is -2.24. The van der Waals surface area contributed by atoms with Crippen LogP contribution in [0.4, 0.5) is 4.39 Å². The maximum absolute atomic E-state index is 14.1. The number of rotatable bonds is 8. The molecule has 0 spiro atoms. The number of thioether (sulfide) groups is 1. The second-order valence-corrected chi connectivity index (χ2v) is 10.3. The minimum atomic E-state index is -1.22. The molecule has 2 aromatic rings. The molecule has 0 radical (unpaired) electrons. The van der Waals surface area contributed by atoms with Crippen molar-refractivity contribution in [1.82, 2.24) is 5.32 Å². The molecule has 0 aromatic heterocycles. The molecule has 6 nitrogen and oxygen atoms in total. The first-order valence-corrected chi connectivity index (χ1v) is 12.9. The molecule has 178 valence electrons. The molecule has 2 N–H and O–H groups in total. The highest BCUT2D eigenvalue weighted by molar-refractivity contribution is 8.13. The molecule has 0 saturated heterocycles. The number of hydrogen-bond donors (Lipinski definition) is 2. The summed E-state index contributed by atoms with van der Waals surface area (Å²) in [7, 11) is -1.08.